The van der Waals surface area contributed by atoms with Gasteiger partial charge in [-0.2, -0.15) is 4.98 Å². The molecule has 0 radical (unpaired) electrons. The van der Waals surface area contributed by atoms with E-state index in [4.69, 9.17) is 14.2 Å². The largest absolute Gasteiger partial charge is 0.378 e. The van der Waals surface area contributed by atoms with Crippen LogP contribution in [0.2, 0.25) is 0 Å². The molecule has 2 aromatic heterocycles. The number of aromatic nitrogens is 4. The van der Waals surface area contributed by atoms with Gasteiger partial charge in [-0.3, -0.25) is 9.78 Å². The summed E-state index contributed by atoms with van der Waals surface area (Å²) in [5.41, 5.74) is 1.89. The van der Waals surface area contributed by atoms with E-state index < -0.39 is 0 Å². The Labute approximate surface area is 156 Å². The number of aromatic amines is 1. The summed E-state index contributed by atoms with van der Waals surface area (Å²) >= 11 is 0. The molecule has 0 unspecified atom stereocenters. The number of rotatable bonds is 2. The van der Waals surface area contributed by atoms with Gasteiger partial charge < -0.3 is 19.1 Å². The molecule has 0 aromatic carbocycles. The Balaban J connectivity index is 1.42. The fourth-order valence-corrected chi connectivity index (χ4v) is 4.60. The van der Waals surface area contributed by atoms with Gasteiger partial charge in [0, 0.05) is 44.1 Å². The first-order chi connectivity index (χ1) is 13.1. The zero-order chi connectivity index (χ0) is 18.4. The first-order valence-corrected chi connectivity index (χ1v) is 9.66. The molecule has 0 bridgehead atoms. The molecule has 3 aliphatic rings. The van der Waals surface area contributed by atoms with E-state index in [1.165, 1.54) is 0 Å². The Morgan fingerprint density at radius 1 is 1.04 bits per heavy atom. The second-order valence-electron chi connectivity index (χ2n) is 7.70. The van der Waals surface area contributed by atoms with Crippen LogP contribution in [-0.4, -0.2) is 59.5 Å². The number of ether oxygens (including phenoxy) is 1. The molecule has 5 rings (SSSR count). The number of piperidine rings is 1. The molecule has 2 saturated heterocycles. The molecule has 9 nitrogen and oxygen atoms in total. The van der Waals surface area contributed by atoms with Crippen LogP contribution < -0.4 is 15.4 Å². The van der Waals surface area contributed by atoms with Crippen LogP contribution in [0.15, 0.2) is 9.32 Å². The average molecular weight is 372 g/mol. The van der Waals surface area contributed by atoms with Gasteiger partial charge in [0.1, 0.15) is 0 Å². The van der Waals surface area contributed by atoms with Crippen molar-refractivity contribution in [2.24, 2.45) is 0 Å². The van der Waals surface area contributed by atoms with Crippen molar-refractivity contribution >= 4 is 11.9 Å². The van der Waals surface area contributed by atoms with Crippen molar-refractivity contribution < 1.29 is 9.26 Å². The molecule has 9 heteroatoms. The number of nitrogens with zero attached hydrogens (tertiary/aromatic N) is 5. The minimum atomic E-state index is -0.0140. The van der Waals surface area contributed by atoms with E-state index in [0.717, 1.165) is 63.1 Å². The van der Waals surface area contributed by atoms with Gasteiger partial charge in [0.15, 0.2) is 0 Å². The van der Waals surface area contributed by atoms with Crippen LogP contribution in [0.5, 0.6) is 0 Å². The van der Waals surface area contributed by atoms with Crippen LogP contribution in [0.4, 0.5) is 11.9 Å². The highest BCUT2D eigenvalue weighted by Crippen LogP contribution is 2.45. The summed E-state index contributed by atoms with van der Waals surface area (Å²) < 4.78 is 10.5. The van der Waals surface area contributed by atoms with E-state index in [0.29, 0.717) is 31.0 Å². The van der Waals surface area contributed by atoms with Crippen molar-refractivity contribution in [3.8, 4) is 0 Å². The molecule has 2 aliphatic heterocycles. The number of H-pyrrole nitrogens is 1. The Hall–Kier alpha value is -2.42. The third-order valence-electron chi connectivity index (χ3n) is 6.19. The van der Waals surface area contributed by atoms with Gasteiger partial charge in [-0.15, -0.1) is 0 Å². The van der Waals surface area contributed by atoms with Crippen molar-refractivity contribution in [2.75, 3.05) is 49.2 Å². The maximum absolute atomic E-state index is 12.7. The molecule has 27 heavy (non-hydrogen) atoms. The number of anilines is 2. The summed E-state index contributed by atoms with van der Waals surface area (Å²) in [6.45, 7) is 6.37. The molecule has 144 valence electrons. The van der Waals surface area contributed by atoms with Gasteiger partial charge >= 0.3 is 0 Å². The number of hydrogen-bond acceptors (Lipinski definition) is 8. The van der Waals surface area contributed by atoms with Gasteiger partial charge in [-0.05, 0) is 30.8 Å². The van der Waals surface area contributed by atoms with Crippen LogP contribution in [0.3, 0.4) is 0 Å². The second-order valence-corrected chi connectivity index (χ2v) is 7.70. The SMILES string of the molecule is Cc1nc(N2CCC3(CCc4c3nc(N3CCOCC3)[nH]c4=O)CC2)no1. The van der Waals surface area contributed by atoms with Crippen molar-refractivity contribution in [1.29, 1.82) is 0 Å². The lowest BCUT2D eigenvalue weighted by Gasteiger charge is -2.39. The lowest BCUT2D eigenvalue weighted by atomic mass is 9.76. The first kappa shape index (κ1) is 16.7. The maximum Gasteiger partial charge on any atom is 0.266 e. The van der Waals surface area contributed by atoms with E-state index in [1.807, 2.05) is 0 Å². The molecule has 1 N–H and O–H groups in total. The first-order valence-electron chi connectivity index (χ1n) is 9.66. The van der Waals surface area contributed by atoms with Crippen LogP contribution in [0.25, 0.3) is 0 Å². The Morgan fingerprint density at radius 2 is 1.81 bits per heavy atom. The molecule has 1 aliphatic carbocycles. The summed E-state index contributed by atoms with van der Waals surface area (Å²) in [7, 11) is 0. The minimum absolute atomic E-state index is 0.0140. The monoisotopic (exact) mass is 372 g/mol. The number of morpholine rings is 1. The number of hydrogen-bond donors (Lipinski definition) is 1. The van der Waals surface area contributed by atoms with Crippen LogP contribution >= 0.6 is 0 Å². The van der Waals surface area contributed by atoms with Crippen molar-refractivity contribution in [2.45, 2.75) is 38.0 Å². The molecule has 0 saturated carbocycles. The van der Waals surface area contributed by atoms with E-state index >= 15 is 0 Å². The smallest absolute Gasteiger partial charge is 0.266 e. The Kier molecular flexibility index (Phi) is 3.92. The highest BCUT2D eigenvalue weighted by molar-refractivity contribution is 5.42. The van der Waals surface area contributed by atoms with Crippen molar-refractivity contribution in [1.82, 2.24) is 20.1 Å². The Morgan fingerprint density at radius 3 is 2.52 bits per heavy atom. The number of aryl methyl sites for hydroxylation is 1. The molecule has 0 atom stereocenters. The lowest BCUT2D eigenvalue weighted by Crippen LogP contribution is -2.43. The van der Waals surface area contributed by atoms with E-state index in [-0.39, 0.29) is 11.0 Å². The van der Waals surface area contributed by atoms with E-state index in [2.05, 4.69) is 24.9 Å². The standard InChI is InChI=1S/C18H24N6O3/c1-12-19-17(22-27-12)23-6-4-18(5-7-23)3-2-13-14(18)20-16(21-15(13)25)24-8-10-26-11-9-24/h2-11H2,1H3,(H,20,21,25). The van der Waals surface area contributed by atoms with Gasteiger partial charge in [0.25, 0.3) is 11.5 Å². The number of nitrogens with one attached hydrogen (secondary N) is 1. The molecule has 2 fully saturated rings. The molecular weight excluding hydrogens is 348 g/mol. The summed E-state index contributed by atoms with van der Waals surface area (Å²) in [4.78, 5) is 29.3. The molecule has 1 spiro atoms. The third kappa shape index (κ3) is 2.80. The summed E-state index contributed by atoms with van der Waals surface area (Å²) in [6.07, 6.45) is 3.70. The molecule has 0 amide bonds. The predicted octanol–water partition coefficient (Wildman–Crippen LogP) is 0.782. The van der Waals surface area contributed by atoms with Crippen molar-refractivity contribution in [3.05, 3.63) is 27.5 Å². The maximum atomic E-state index is 12.7. The van der Waals surface area contributed by atoms with Gasteiger partial charge in [-0.25, -0.2) is 4.98 Å². The zero-order valence-corrected chi connectivity index (χ0v) is 15.5. The van der Waals surface area contributed by atoms with Crippen LogP contribution in [0.1, 0.15) is 36.4 Å². The normalized spacial score (nSPS) is 21.7. The Bertz CT molecular complexity index is 893. The van der Waals surface area contributed by atoms with Gasteiger partial charge in [-0.1, -0.05) is 0 Å². The fourth-order valence-electron chi connectivity index (χ4n) is 4.60. The van der Waals surface area contributed by atoms with Crippen molar-refractivity contribution in [3.63, 3.8) is 0 Å². The second kappa shape index (κ2) is 6.33. The number of fused-ring (bicyclic) bond motifs is 2. The average Bonchev–Trinajstić information content (AvgIpc) is 3.28. The summed E-state index contributed by atoms with van der Waals surface area (Å²) in [5, 5.41) is 4.04. The molecule has 4 heterocycles. The van der Waals surface area contributed by atoms with Crippen LogP contribution in [0, 0.1) is 6.92 Å². The summed E-state index contributed by atoms with van der Waals surface area (Å²) in [6, 6.07) is 0. The fraction of sp³-hybridized carbons (Fsp3) is 0.667. The molecule has 2 aromatic rings. The van der Waals surface area contributed by atoms with E-state index in [9.17, 15) is 4.79 Å². The van der Waals surface area contributed by atoms with Gasteiger partial charge in [0.05, 0.1) is 18.9 Å². The predicted molar refractivity (Wildman–Crippen MR) is 98.4 cm³/mol. The third-order valence-corrected chi connectivity index (χ3v) is 6.19. The van der Waals surface area contributed by atoms with Crippen LogP contribution in [-0.2, 0) is 16.6 Å². The minimum Gasteiger partial charge on any atom is -0.378 e. The lowest BCUT2D eigenvalue weighted by molar-refractivity contribution is 0.122. The quantitative estimate of drug-likeness (QED) is 0.826. The highest BCUT2D eigenvalue weighted by atomic mass is 16.5. The highest BCUT2D eigenvalue weighted by Gasteiger charge is 2.44. The van der Waals surface area contributed by atoms with E-state index in [1.54, 1.807) is 6.92 Å². The van der Waals surface area contributed by atoms with Gasteiger partial charge in [0.2, 0.25) is 11.8 Å². The molecular formula is C18H24N6O3. The summed E-state index contributed by atoms with van der Waals surface area (Å²) in [5.74, 6) is 1.94. The topological polar surface area (TPSA) is 100 Å². The zero-order valence-electron chi connectivity index (χ0n) is 15.5.